The summed E-state index contributed by atoms with van der Waals surface area (Å²) in [4.78, 5) is 21.3. The van der Waals surface area contributed by atoms with E-state index in [1.165, 1.54) is 6.20 Å². The minimum Gasteiger partial charge on any atom is -0.339 e. The lowest BCUT2D eigenvalue weighted by molar-refractivity contribution is 0.0747. The molecule has 0 aromatic carbocycles. The fourth-order valence-electron chi connectivity index (χ4n) is 2.83. The molecule has 0 radical (unpaired) electrons. The molecule has 0 saturated carbocycles. The quantitative estimate of drug-likeness (QED) is 0.745. The zero-order valence-corrected chi connectivity index (χ0v) is 11.6. The summed E-state index contributed by atoms with van der Waals surface area (Å²) in [6.45, 7) is 5.24. The SMILES string of the molecule is Cc1c(-c2ccnc(F)n2)c(C)n2c1C(=O)N(C)CC2. The first-order valence-corrected chi connectivity index (χ1v) is 6.44. The van der Waals surface area contributed by atoms with E-state index < -0.39 is 6.08 Å². The molecule has 2 aromatic heterocycles. The number of fused-ring (bicyclic) bond motifs is 1. The summed E-state index contributed by atoms with van der Waals surface area (Å²) < 4.78 is 15.2. The van der Waals surface area contributed by atoms with Gasteiger partial charge in [0, 0.05) is 37.6 Å². The molecule has 0 atom stereocenters. The number of likely N-dealkylation sites (N-methyl/N-ethyl adjacent to an activating group) is 1. The van der Waals surface area contributed by atoms with Crippen LogP contribution in [0.2, 0.25) is 0 Å². The Bertz CT molecular complexity index is 707. The molecule has 3 rings (SSSR count). The molecule has 6 heteroatoms. The van der Waals surface area contributed by atoms with E-state index >= 15 is 0 Å². The Kier molecular flexibility index (Phi) is 2.81. The second-order valence-corrected chi connectivity index (χ2v) is 5.02. The summed E-state index contributed by atoms with van der Waals surface area (Å²) in [5, 5.41) is 0. The van der Waals surface area contributed by atoms with Crippen LogP contribution in [0.1, 0.15) is 21.7 Å². The van der Waals surface area contributed by atoms with Gasteiger partial charge in [-0.3, -0.25) is 4.79 Å². The topological polar surface area (TPSA) is 51.0 Å². The molecule has 1 amide bonds. The molecule has 0 spiro atoms. The van der Waals surface area contributed by atoms with Crippen molar-refractivity contribution < 1.29 is 9.18 Å². The number of nitrogens with zero attached hydrogens (tertiary/aromatic N) is 4. The molecule has 2 aromatic rings. The number of aromatic nitrogens is 3. The first kappa shape index (κ1) is 12.8. The Hall–Kier alpha value is -2.24. The highest BCUT2D eigenvalue weighted by Gasteiger charge is 2.29. The van der Waals surface area contributed by atoms with Crippen LogP contribution >= 0.6 is 0 Å². The third-order valence-electron chi connectivity index (χ3n) is 3.86. The molecule has 0 saturated heterocycles. The molecule has 0 N–H and O–H groups in total. The largest absolute Gasteiger partial charge is 0.339 e. The molecule has 1 aliphatic rings. The van der Waals surface area contributed by atoms with Crippen molar-refractivity contribution in [2.45, 2.75) is 20.4 Å². The number of hydrogen-bond donors (Lipinski definition) is 0. The minimum absolute atomic E-state index is 0.00220. The van der Waals surface area contributed by atoms with Crippen molar-refractivity contribution >= 4 is 5.91 Å². The van der Waals surface area contributed by atoms with Crippen LogP contribution in [0.4, 0.5) is 4.39 Å². The van der Waals surface area contributed by atoms with E-state index in [1.54, 1.807) is 18.0 Å². The first-order valence-electron chi connectivity index (χ1n) is 6.44. The molecule has 20 heavy (non-hydrogen) atoms. The van der Waals surface area contributed by atoms with E-state index in [2.05, 4.69) is 9.97 Å². The van der Waals surface area contributed by atoms with Gasteiger partial charge in [-0.15, -0.1) is 0 Å². The zero-order valence-electron chi connectivity index (χ0n) is 11.6. The van der Waals surface area contributed by atoms with Crippen LogP contribution in [-0.2, 0) is 6.54 Å². The van der Waals surface area contributed by atoms with E-state index in [-0.39, 0.29) is 5.91 Å². The highest BCUT2D eigenvalue weighted by Crippen LogP contribution is 2.32. The van der Waals surface area contributed by atoms with Crippen molar-refractivity contribution in [3.8, 4) is 11.3 Å². The lowest BCUT2D eigenvalue weighted by Crippen LogP contribution is -2.37. The average Bonchev–Trinajstić information content (AvgIpc) is 2.66. The van der Waals surface area contributed by atoms with Crippen LogP contribution < -0.4 is 0 Å². The summed E-state index contributed by atoms with van der Waals surface area (Å²) in [6.07, 6.45) is 0.634. The lowest BCUT2D eigenvalue weighted by atomic mass is 10.1. The van der Waals surface area contributed by atoms with E-state index in [9.17, 15) is 9.18 Å². The van der Waals surface area contributed by atoms with Crippen molar-refractivity contribution in [1.82, 2.24) is 19.4 Å². The van der Waals surface area contributed by atoms with Crippen LogP contribution in [0, 0.1) is 19.9 Å². The van der Waals surface area contributed by atoms with Gasteiger partial charge in [-0.05, 0) is 25.5 Å². The monoisotopic (exact) mass is 274 g/mol. The molecular weight excluding hydrogens is 259 g/mol. The number of halogens is 1. The number of carbonyl (C=O) groups excluding carboxylic acids is 1. The maximum absolute atomic E-state index is 13.2. The molecule has 0 fully saturated rings. The Morgan fingerprint density at radius 3 is 2.75 bits per heavy atom. The highest BCUT2D eigenvalue weighted by molar-refractivity contribution is 5.97. The smallest absolute Gasteiger partial charge is 0.309 e. The van der Waals surface area contributed by atoms with Gasteiger partial charge in [-0.2, -0.15) is 4.39 Å². The zero-order chi connectivity index (χ0) is 14.4. The van der Waals surface area contributed by atoms with Gasteiger partial charge in [-0.1, -0.05) is 0 Å². The molecule has 0 bridgehead atoms. The maximum atomic E-state index is 13.2. The van der Waals surface area contributed by atoms with Gasteiger partial charge in [0.25, 0.3) is 5.91 Å². The predicted octanol–water partition coefficient (Wildman–Crippen LogP) is 1.79. The first-order chi connectivity index (χ1) is 9.50. The summed E-state index contributed by atoms with van der Waals surface area (Å²) in [5.74, 6) is -0.00220. The Labute approximate surface area is 116 Å². The van der Waals surface area contributed by atoms with Crippen molar-refractivity contribution in [1.29, 1.82) is 0 Å². The van der Waals surface area contributed by atoms with Crippen LogP contribution in [0.15, 0.2) is 12.3 Å². The Morgan fingerprint density at radius 2 is 2.05 bits per heavy atom. The number of carbonyl (C=O) groups is 1. The summed E-state index contributed by atoms with van der Waals surface area (Å²) in [5.41, 5.74) is 3.80. The van der Waals surface area contributed by atoms with E-state index in [1.807, 2.05) is 18.4 Å². The minimum atomic E-state index is -0.756. The van der Waals surface area contributed by atoms with Crippen LogP contribution in [0.3, 0.4) is 0 Å². The third-order valence-corrected chi connectivity index (χ3v) is 3.86. The number of amides is 1. The van der Waals surface area contributed by atoms with Crippen molar-refractivity contribution in [2.24, 2.45) is 0 Å². The van der Waals surface area contributed by atoms with Crippen LogP contribution in [0.25, 0.3) is 11.3 Å². The van der Waals surface area contributed by atoms with Gasteiger partial charge < -0.3 is 9.47 Å². The summed E-state index contributed by atoms with van der Waals surface area (Å²) >= 11 is 0. The van der Waals surface area contributed by atoms with Crippen molar-refractivity contribution in [3.05, 3.63) is 35.3 Å². The van der Waals surface area contributed by atoms with Crippen LogP contribution in [0.5, 0.6) is 0 Å². The standard InChI is InChI=1S/C14H15FN4O/c1-8-11(10-4-5-16-14(15)17-10)9(2)19-7-6-18(3)13(20)12(8)19/h4-5H,6-7H2,1-3H3. The highest BCUT2D eigenvalue weighted by atomic mass is 19.1. The molecule has 0 aliphatic carbocycles. The molecule has 104 valence electrons. The average molecular weight is 274 g/mol. The van der Waals surface area contributed by atoms with Crippen LogP contribution in [-0.4, -0.2) is 38.9 Å². The van der Waals surface area contributed by atoms with Crippen molar-refractivity contribution in [3.63, 3.8) is 0 Å². The van der Waals surface area contributed by atoms with Gasteiger partial charge in [0.05, 0.1) is 5.69 Å². The van der Waals surface area contributed by atoms with Gasteiger partial charge >= 0.3 is 6.08 Å². The second kappa shape index (κ2) is 4.40. The summed E-state index contributed by atoms with van der Waals surface area (Å²) in [7, 11) is 1.79. The predicted molar refractivity (Wildman–Crippen MR) is 71.9 cm³/mol. The Balaban J connectivity index is 2.24. The maximum Gasteiger partial charge on any atom is 0.309 e. The molecule has 0 unspecified atom stereocenters. The fourth-order valence-corrected chi connectivity index (χ4v) is 2.83. The molecule has 5 nitrogen and oxygen atoms in total. The molecule has 3 heterocycles. The van der Waals surface area contributed by atoms with E-state index in [0.29, 0.717) is 17.9 Å². The second-order valence-electron chi connectivity index (χ2n) is 5.02. The molecule has 1 aliphatic heterocycles. The number of hydrogen-bond acceptors (Lipinski definition) is 3. The molecular formula is C14H15FN4O. The summed E-state index contributed by atoms with van der Waals surface area (Å²) in [6, 6.07) is 1.67. The van der Waals surface area contributed by atoms with E-state index in [0.717, 1.165) is 23.4 Å². The third kappa shape index (κ3) is 1.71. The van der Waals surface area contributed by atoms with Gasteiger partial charge in [0.1, 0.15) is 5.69 Å². The lowest BCUT2D eigenvalue weighted by Gasteiger charge is -2.25. The van der Waals surface area contributed by atoms with Gasteiger partial charge in [0.2, 0.25) is 0 Å². The Morgan fingerprint density at radius 1 is 1.30 bits per heavy atom. The van der Waals surface area contributed by atoms with E-state index in [4.69, 9.17) is 0 Å². The van der Waals surface area contributed by atoms with Gasteiger partial charge in [0.15, 0.2) is 0 Å². The number of rotatable bonds is 1. The van der Waals surface area contributed by atoms with Crippen molar-refractivity contribution in [2.75, 3.05) is 13.6 Å². The van der Waals surface area contributed by atoms with Gasteiger partial charge in [-0.25, -0.2) is 9.97 Å². The normalized spacial score (nSPS) is 14.6. The fraction of sp³-hybridized carbons (Fsp3) is 0.357.